The van der Waals surface area contributed by atoms with Gasteiger partial charge < -0.3 is 15.8 Å². The Hall–Kier alpha value is -4.04. The summed E-state index contributed by atoms with van der Waals surface area (Å²) in [5.41, 5.74) is 9.95. The molecule has 0 aliphatic carbocycles. The Bertz CT molecular complexity index is 1240. The minimum Gasteiger partial charge on any atom is -0.439 e. The number of pyridine rings is 1. The van der Waals surface area contributed by atoms with E-state index in [1.807, 2.05) is 49.5 Å². The van der Waals surface area contributed by atoms with Crippen molar-refractivity contribution in [1.29, 1.82) is 0 Å². The standard InChI is InChI=1S/C26H28N6O2/c1-19-14-20(17-27)15-25(29-19)34-24-12-7-8-21(16-24)26(33)28-13-6-5-9-22-18-32(31-30-22)23-10-3-2-4-11-23/h2-4,7-8,10-12,14-16,18H,5-6,9,13,17,27H2,1H3,(H,28,33). The van der Waals surface area contributed by atoms with Gasteiger partial charge in [0.25, 0.3) is 5.91 Å². The van der Waals surface area contributed by atoms with E-state index in [0.717, 1.165) is 41.9 Å². The van der Waals surface area contributed by atoms with E-state index in [-0.39, 0.29) is 5.91 Å². The molecule has 2 heterocycles. The summed E-state index contributed by atoms with van der Waals surface area (Å²) in [6, 6.07) is 20.7. The summed E-state index contributed by atoms with van der Waals surface area (Å²) in [4.78, 5) is 16.9. The largest absolute Gasteiger partial charge is 0.439 e. The van der Waals surface area contributed by atoms with Crippen molar-refractivity contribution in [1.82, 2.24) is 25.3 Å². The minimum absolute atomic E-state index is 0.139. The molecule has 8 heteroatoms. The van der Waals surface area contributed by atoms with Crippen molar-refractivity contribution >= 4 is 5.91 Å². The fourth-order valence-electron chi connectivity index (χ4n) is 3.55. The molecule has 34 heavy (non-hydrogen) atoms. The third kappa shape index (κ3) is 6.26. The van der Waals surface area contributed by atoms with Crippen LogP contribution in [0.3, 0.4) is 0 Å². The number of para-hydroxylation sites is 1. The molecule has 174 valence electrons. The van der Waals surface area contributed by atoms with Gasteiger partial charge in [-0.3, -0.25) is 4.79 Å². The highest BCUT2D eigenvalue weighted by atomic mass is 16.5. The van der Waals surface area contributed by atoms with Gasteiger partial charge in [-0.15, -0.1) is 5.10 Å². The SMILES string of the molecule is Cc1cc(CN)cc(Oc2cccc(C(=O)NCCCCc3cn(-c4ccccc4)nn3)c2)n1. The van der Waals surface area contributed by atoms with Crippen LogP contribution in [0.1, 0.15) is 40.2 Å². The highest BCUT2D eigenvalue weighted by Crippen LogP contribution is 2.22. The lowest BCUT2D eigenvalue weighted by atomic mass is 10.2. The van der Waals surface area contributed by atoms with Crippen LogP contribution in [-0.2, 0) is 13.0 Å². The molecule has 0 saturated heterocycles. The molecule has 0 atom stereocenters. The Morgan fingerprint density at radius 1 is 1.06 bits per heavy atom. The molecule has 0 fully saturated rings. The van der Waals surface area contributed by atoms with Crippen LogP contribution < -0.4 is 15.8 Å². The smallest absolute Gasteiger partial charge is 0.251 e. The number of carbonyl (C=O) groups is 1. The van der Waals surface area contributed by atoms with Crippen molar-refractivity contribution in [2.24, 2.45) is 5.73 Å². The number of rotatable bonds is 10. The lowest BCUT2D eigenvalue weighted by Gasteiger charge is -2.09. The van der Waals surface area contributed by atoms with Gasteiger partial charge in [0, 0.05) is 30.4 Å². The summed E-state index contributed by atoms with van der Waals surface area (Å²) < 4.78 is 7.63. The molecule has 4 rings (SSSR count). The van der Waals surface area contributed by atoms with Crippen LogP contribution >= 0.6 is 0 Å². The van der Waals surface area contributed by atoms with Crippen LogP contribution in [0.2, 0.25) is 0 Å². The molecule has 8 nitrogen and oxygen atoms in total. The number of amides is 1. The first-order valence-corrected chi connectivity index (χ1v) is 11.3. The molecule has 0 spiro atoms. The van der Waals surface area contributed by atoms with Crippen LogP contribution in [0.15, 0.2) is 72.9 Å². The number of benzene rings is 2. The number of hydrogen-bond donors (Lipinski definition) is 2. The third-order valence-electron chi connectivity index (χ3n) is 5.25. The van der Waals surface area contributed by atoms with Gasteiger partial charge in [-0.1, -0.05) is 29.5 Å². The van der Waals surface area contributed by atoms with Gasteiger partial charge in [-0.2, -0.15) is 0 Å². The van der Waals surface area contributed by atoms with E-state index >= 15 is 0 Å². The van der Waals surface area contributed by atoms with Gasteiger partial charge in [-0.05, 0) is 68.1 Å². The van der Waals surface area contributed by atoms with Gasteiger partial charge in [0.2, 0.25) is 5.88 Å². The van der Waals surface area contributed by atoms with E-state index in [0.29, 0.717) is 30.3 Å². The van der Waals surface area contributed by atoms with Crippen molar-refractivity contribution in [2.45, 2.75) is 32.7 Å². The minimum atomic E-state index is -0.139. The maximum atomic E-state index is 12.6. The number of nitrogens with zero attached hydrogens (tertiary/aromatic N) is 4. The molecular weight excluding hydrogens is 428 g/mol. The Morgan fingerprint density at radius 2 is 1.91 bits per heavy atom. The second-order valence-corrected chi connectivity index (χ2v) is 7.99. The predicted octanol–water partition coefficient (Wildman–Crippen LogP) is 3.97. The van der Waals surface area contributed by atoms with E-state index in [2.05, 4.69) is 20.6 Å². The molecule has 4 aromatic rings. The number of carbonyl (C=O) groups excluding carboxylic acids is 1. The summed E-state index contributed by atoms with van der Waals surface area (Å²) in [5, 5.41) is 11.4. The predicted molar refractivity (Wildman–Crippen MR) is 130 cm³/mol. The van der Waals surface area contributed by atoms with Crippen LogP contribution in [0, 0.1) is 6.92 Å². The average Bonchev–Trinajstić information content (AvgIpc) is 3.33. The molecule has 3 N–H and O–H groups in total. The fourth-order valence-corrected chi connectivity index (χ4v) is 3.55. The van der Waals surface area contributed by atoms with Gasteiger partial charge in [0.1, 0.15) is 5.75 Å². The molecule has 0 aliphatic heterocycles. The number of aromatic nitrogens is 4. The normalized spacial score (nSPS) is 10.8. The second-order valence-electron chi connectivity index (χ2n) is 7.99. The maximum absolute atomic E-state index is 12.6. The Morgan fingerprint density at radius 3 is 2.74 bits per heavy atom. The number of ether oxygens (including phenoxy) is 1. The zero-order chi connectivity index (χ0) is 23.8. The quantitative estimate of drug-likeness (QED) is 0.350. The molecule has 0 unspecified atom stereocenters. The number of aryl methyl sites for hydroxylation is 2. The molecule has 0 radical (unpaired) electrons. The monoisotopic (exact) mass is 456 g/mol. The topological polar surface area (TPSA) is 108 Å². The van der Waals surface area contributed by atoms with E-state index in [1.165, 1.54) is 0 Å². The molecule has 2 aromatic carbocycles. The number of hydrogen-bond acceptors (Lipinski definition) is 6. The van der Waals surface area contributed by atoms with E-state index < -0.39 is 0 Å². The van der Waals surface area contributed by atoms with Gasteiger partial charge in [-0.25, -0.2) is 9.67 Å². The van der Waals surface area contributed by atoms with Crippen molar-refractivity contribution in [3.8, 4) is 17.3 Å². The highest BCUT2D eigenvalue weighted by molar-refractivity contribution is 5.94. The Labute approximate surface area is 198 Å². The number of unbranched alkanes of at least 4 members (excludes halogenated alkanes) is 1. The number of nitrogens with one attached hydrogen (secondary N) is 1. The van der Waals surface area contributed by atoms with Crippen LogP contribution in [0.5, 0.6) is 11.6 Å². The fraction of sp³-hybridized carbons (Fsp3) is 0.231. The van der Waals surface area contributed by atoms with Crippen molar-refractivity contribution in [3.05, 3.63) is 95.4 Å². The first kappa shape index (κ1) is 23.1. The highest BCUT2D eigenvalue weighted by Gasteiger charge is 2.09. The molecule has 1 amide bonds. The van der Waals surface area contributed by atoms with E-state index in [1.54, 1.807) is 35.0 Å². The number of nitrogens with two attached hydrogens (primary N) is 1. The molecule has 0 aliphatic rings. The van der Waals surface area contributed by atoms with Gasteiger partial charge >= 0.3 is 0 Å². The van der Waals surface area contributed by atoms with Gasteiger partial charge in [0.05, 0.1) is 17.6 Å². The summed E-state index contributed by atoms with van der Waals surface area (Å²) in [6.07, 6.45) is 4.49. The zero-order valence-electron chi connectivity index (χ0n) is 19.1. The Kier molecular flexibility index (Phi) is 7.62. The summed E-state index contributed by atoms with van der Waals surface area (Å²) in [6.45, 7) is 2.88. The summed E-state index contributed by atoms with van der Waals surface area (Å²) in [5.74, 6) is 0.873. The summed E-state index contributed by atoms with van der Waals surface area (Å²) >= 11 is 0. The lowest BCUT2D eigenvalue weighted by Crippen LogP contribution is -2.24. The van der Waals surface area contributed by atoms with Crippen LogP contribution in [-0.4, -0.2) is 32.4 Å². The van der Waals surface area contributed by atoms with Crippen LogP contribution in [0.4, 0.5) is 0 Å². The molecule has 0 saturated carbocycles. The maximum Gasteiger partial charge on any atom is 0.251 e. The van der Waals surface area contributed by atoms with Crippen molar-refractivity contribution in [3.63, 3.8) is 0 Å². The second kappa shape index (κ2) is 11.2. The van der Waals surface area contributed by atoms with E-state index in [9.17, 15) is 4.79 Å². The molecule has 2 aromatic heterocycles. The Balaban J connectivity index is 1.24. The molecule has 0 bridgehead atoms. The molecular formula is C26H28N6O2. The first-order valence-electron chi connectivity index (χ1n) is 11.3. The first-order chi connectivity index (χ1) is 16.6. The van der Waals surface area contributed by atoms with Crippen molar-refractivity contribution in [2.75, 3.05) is 6.54 Å². The average molecular weight is 457 g/mol. The van der Waals surface area contributed by atoms with Crippen molar-refractivity contribution < 1.29 is 9.53 Å². The lowest BCUT2D eigenvalue weighted by molar-refractivity contribution is 0.0952. The van der Waals surface area contributed by atoms with Gasteiger partial charge in [0.15, 0.2) is 0 Å². The third-order valence-corrected chi connectivity index (χ3v) is 5.25. The zero-order valence-corrected chi connectivity index (χ0v) is 19.1. The summed E-state index contributed by atoms with van der Waals surface area (Å²) in [7, 11) is 0. The van der Waals surface area contributed by atoms with E-state index in [4.69, 9.17) is 10.5 Å². The van der Waals surface area contributed by atoms with Crippen LogP contribution in [0.25, 0.3) is 5.69 Å².